The van der Waals surface area contributed by atoms with Crippen LogP contribution >= 0.6 is 0 Å². The summed E-state index contributed by atoms with van der Waals surface area (Å²) in [4.78, 5) is 26.9. The van der Waals surface area contributed by atoms with Crippen LogP contribution in [0, 0.1) is 12.8 Å². The predicted molar refractivity (Wildman–Crippen MR) is 109 cm³/mol. The Morgan fingerprint density at radius 3 is 2.79 bits per heavy atom. The molecule has 0 N–H and O–H groups in total. The van der Waals surface area contributed by atoms with E-state index in [1.54, 1.807) is 6.07 Å². The second-order valence-electron chi connectivity index (χ2n) is 8.48. The van der Waals surface area contributed by atoms with Gasteiger partial charge in [0.15, 0.2) is 6.61 Å². The zero-order valence-corrected chi connectivity index (χ0v) is 16.9. The highest BCUT2D eigenvalue weighted by Crippen LogP contribution is 2.35. The SMILES string of the molecule is Cc1ccc(C(C)C)c(OCC(=O)N2C[C@@H]3C[C@@H](C2)c2cccc(=O)n2C3)c1. The summed E-state index contributed by atoms with van der Waals surface area (Å²) < 4.78 is 7.85. The molecule has 2 atom stereocenters. The third-order valence-corrected chi connectivity index (χ3v) is 5.97. The number of fused-ring (bicyclic) bond motifs is 4. The zero-order chi connectivity index (χ0) is 19.8. The van der Waals surface area contributed by atoms with Crippen molar-refractivity contribution < 1.29 is 9.53 Å². The highest BCUT2D eigenvalue weighted by atomic mass is 16.5. The minimum atomic E-state index is 0.0256. The van der Waals surface area contributed by atoms with E-state index in [0.717, 1.165) is 29.0 Å². The Bertz CT molecular complexity index is 947. The maximum Gasteiger partial charge on any atom is 0.260 e. The van der Waals surface area contributed by atoms with Crippen molar-refractivity contribution in [2.24, 2.45) is 5.92 Å². The third kappa shape index (κ3) is 3.58. The van der Waals surface area contributed by atoms with E-state index in [-0.39, 0.29) is 24.0 Å². The topological polar surface area (TPSA) is 51.5 Å². The number of carbonyl (C=O) groups excluding carboxylic acids is 1. The summed E-state index contributed by atoms with van der Waals surface area (Å²) in [5, 5.41) is 0. The number of aryl methyl sites for hydroxylation is 1. The molecule has 2 bridgehead atoms. The second kappa shape index (κ2) is 7.46. The number of rotatable bonds is 4. The van der Waals surface area contributed by atoms with Crippen LogP contribution in [-0.4, -0.2) is 35.1 Å². The summed E-state index contributed by atoms with van der Waals surface area (Å²) in [5.41, 5.74) is 3.38. The number of pyridine rings is 1. The van der Waals surface area contributed by atoms with Crippen molar-refractivity contribution >= 4 is 5.91 Å². The lowest BCUT2D eigenvalue weighted by molar-refractivity contribution is -0.136. The van der Waals surface area contributed by atoms with Crippen molar-refractivity contribution in [3.63, 3.8) is 0 Å². The van der Waals surface area contributed by atoms with Crippen LogP contribution in [-0.2, 0) is 11.3 Å². The highest BCUT2D eigenvalue weighted by molar-refractivity contribution is 5.78. The lowest BCUT2D eigenvalue weighted by Gasteiger charge is -2.42. The molecule has 148 valence electrons. The molecule has 1 aromatic heterocycles. The smallest absolute Gasteiger partial charge is 0.260 e. The zero-order valence-electron chi connectivity index (χ0n) is 16.9. The van der Waals surface area contributed by atoms with Gasteiger partial charge in [-0.15, -0.1) is 0 Å². The van der Waals surface area contributed by atoms with Gasteiger partial charge in [-0.25, -0.2) is 0 Å². The fraction of sp³-hybridized carbons (Fsp3) is 0.478. The number of likely N-dealkylation sites (tertiary alicyclic amines) is 1. The minimum absolute atomic E-state index is 0.0256. The summed E-state index contributed by atoms with van der Waals surface area (Å²) in [6.45, 7) is 8.41. The van der Waals surface area contributed by atoms with Gasteiger partial charge in [-0.1, -0.05) is 32.0 Å². The third-order valence-electron chi connectivity index (χ3n) is 5.97. The standard InChI is InChI=1S/C23H28N2O3/c1-15(2)19-8-7-16(3)9-21(19)28-14-23(27)24-11-17-10-18(13-24)20-5-4-6-22(26)25(20)12-17/h4-9,15,17-18H,10-14H2,1-3H3/t17-,18-/m0/s1. The Morgan fingerprint density at radius 1 is 1.18 bits per heavy atom. The fourth-order valence-corrected chi connectivity index (χ4v) is 4.57. The molecule has 0 saturated carbocycles. The molecule has 0 radical (unpaired) electrons. The molecule has 2 aliphatic rings. The number of piperidine rings is 1. The first-order valence-corrected chi connectivity index (χ1v) is 10.1. The summed E-state index contributed by atoms with van der Waals surface area (Å²) in [6, 6.07) is 11.6. The first-order chi connectivity index (χ1) is 13.4. The van der Waals surface area contributed by atoms with E-state index in [4.69, 9.17) is 4.74 Å². The lowest BCUT2D eigenvalue weighted by Crippen LogP contribution is -2.50. The van der Waals surface area contributed by atoms with Gasteiger partial charge < -0.3 is 14.2 Å². The molecule has 0 spiro atoms. The molecule has 5 nitrogen and oxygen atoms in total. The van der Waals surface area contributed by atoms with Gasteiger partial charge in [0.1, 0.15) is 5.75 Å². The van der Waals surface area contributed by atoms with Crippen molar-refractivity contribution in [2.45, 2.75) is 45.6 Å². The van der Waals surface area contributed by atoms with Crippen molar-refractivity contribution in [3.8, 4) is 5.75 Å². The molecule has 0 unspecified atom stereocenters. The number of ether oxygens (including phenoxy) is 1. The second-order valence-corrected chi connectivity index (χ2v) is 8.48. The van der Waals surface area contributed by atoms with Crippen LogP contribution in [0.2, 0.25) is 0 Å². The average Bonchev–Trinajstić information content (AvgIpc) is 2.66. The number of nitrogens with zero attached hydrogens (tertiary/aromatic N) is 2. The Morgan fingerprint density at radius 2 is 2.00 bits per heavy atom. The molecule has 28 heavy (non-hydrogen) atoms. The first-order valence-electron chi connectivity index (χ1n) is 10.1. The number of aromatic nitrogens is 1. The largest absolute Gasteiger partial charge is 0.483 e. The molecule has 3 heterocycles. The Kier molecular flexibility index (Phi) is 5.00. The summed E-state index contributed by atoms with van der Waals surface area (Å²) in [7, 11) is 0. The van der Waals surface area contributed by atoms with Gasteiger partial charge in [0.2, 0.25) is 0 Å². The fourth-order valence-electron chi connectivity index (χ4n) is 4.57. The van der Waals surface area contributed by atoms with Crippen LogP contribution in [0.1, 0.15) is 48.9 Å². The molecule has 1 amide bonds. The van der Waals surface area contributed by atoms with Crippen molar-refractivity contribution in [2.75, 3.05) is 19.7 Å². The molecule has 2 aromatic rings. The van der Waals surface area contributed by atoms with Gasteiger partial charge in [-0.2, -0.15) is 0 Å². The van der Waals surface area contributed by atoms with E-state index in [1.807, 2.05) is 34.6 Å². The van der Waals surface area contributed by atoms with Crippen LogP contribution in [0.25, 0.3) is 0 Å². The quantitative estimate of drug-likeness (QED) is 0.818. The minimum Gasteiger partial charge on any atom is -0.483 e. The maximum absolute atomic E-state index is 12.9. The van der Waals surface area contributed by atoms with Gasteiger partial charge in [-0.05, 0) is 48.4 Å². The summed E-state index contributed by atoms with van der Waals surface area (Å²) in [5.74, 6) is 1.74. The number of amides is 1. The van der Waals surface area contributed by atoms with Gasteiger partial charge in [-0.3, -0.25) is 9.59 Å². The van der Waals surface area contributed by atoms with Crippen LogP contribution < -0.4 is 10.3 Å². The van der Waals surface area contributed by atoms with Gasteiger partial charge >= 0.3 is 0 Å². The van der Waals surface area contributed by atoms with E-state index in [0.29, 0.717) is 31.5 Å². The summed E-state index contributed by atoms with van der Waals surface area (Å²) in [6.07, 6.45) is 1.05. The Labute approximate surface area is 165 Å². The molecule has 1 aromatic carbocycles. The van der Waals surface area contributed by atoms with E-state index in [2.05, 4.69) is 26.0 Å². The molecule has 5 heteroatoms. The van der Waals surface area contributed by atoms with Gasteiger partial charge in [0, 0.05) is 37.3 Å². The van der Waals surface area contributed by atoms with Crippen LogP contribution in [0.4, 0.5) is 0 Å². The summed E-state index contributed by atoms with van der Waals surface area (Å²) >= 11 is 0. The van der Waals surface area contributed by atoms with Crippen LogP contribution in [0.3, 0.4) is 0 Å². The van der Waals surface area contributed by atoms with Crippen molar-refractivity contribution in [1.29, 1.82) is 0 Å². The van der Waals surface area contributed by atoms with Crippen molar-refractivity contribution in [1.82, 2.24) is 9.47 Å². The molecule has 2 aliphatic heterocycles. The molecule has 1 fully saturated rings. The van der Waals surface area contributed by atoms with Gasteiger partial charge in [0.05, 0.1) is 0 Å². The van der Waals surface area contributed by atoms with Crippen molar-refractivity contribution in [3.05, 3.63) is 63.6 Å². The van der Waals surface area contributed by atoms with E-state index < -0.39 is 0 Å². The first kappa shape index (κ1) is 18.8. The Balaban J connectivity index is 1.46. The number of hydrogen-bond donors (Lipinski definition) is 0. The van der Waals surface area contributed by atoms with Gasteiger partial charge in [0.25, 0.3) is 11.5 Å². The molecular formula is C23H28N2O3. The molecule has 4 rings (SSSR count). The molecule has 1 saturated heterocycles. The average molecular weight is 380 g/mol. The molecule has 0 aliphatic carbocycles. The lowest BCUT2D eigenvalue weighted by atomic mass is 9.83. The van der Waals surface area contributed by atoms with E-state index in [9.17, 15) is 9.59 Å². The number of carbonyl (C=O) groups is 1. The van der Waals surface area contributed by atoms with Crippen LogP contribution in [0.5, 0.6) is 5.75 Å². The number of benzene rings is 1. The predicted octanol–water partition coefficient (Wildman–Crippen LogP) is 3.30. The highest BCUT2D eigenvalue weighted by Gasteiger charge is 2.36. The van der Waals surface area contributed by atoms with E-state index in [1.165, 1.54) is 0 Å². The Hall–Kier alpha value is -2.56. The van der Waals surface area contributed by atoms with Crippen LogP contribution in [0.15, 0.2) is 41.2 Å². The monoisotopic (exact) mass is 380 g/mol. The van der Waals surface area contributed by atoms with E-state index >= 15 is 0 Å². The normalized spacial score (nSPS) is 20.8. The maximum atomic E-state index is 12.9. The number of hydrogen-bond acceptors (Lipinski definition) is 3. The molecular weight excluding hydrogens is 352 g/mol.